The number of benzene rings is 2. The third-order valence-electron chi connectivity index (χ3n) is 4.96. The van der Waals surface area contributed by atoms with Crippen molar-refractivity contribution in [2.45, 2.75) is 6.92 Å². The number of ketones is 1. The lowest BCUT2D eigenvalue weighted by atomic mass is 10.1. The molecule has 0 bridgehead atoms. The summed E-state index contributed by atoms with van der Waals surface area (Å²) in [4.78, 5) is 39.3. The van der Waals surface area contributed by atoms with Gasteiger partial charge in [-0.2, -0.15) is 0 Å². The van der Waals surface area contributed by atoms with Crippen LogP contribution in [0.4, 0.5) is 10.1 Å². The number of hydrogen-bond acceptors (Lipinski definition) is 6. The van der Waals surface area contributed by atoms with Crippen LogP contribution in [0, 0.1) is 5.82 Å². The van der Waals surface area contributed by atoms with E-state index in [0.717, 1.165) is 0 Å². The lowest BCUT2D eigenvalue weighted by molar-refractivity contribution is -0.134. The number of nitrogens with zero attached hydrogens (tertiary/aromatic N) is 2. The summed E-state index contributed by atoms with van der Waals surface area (Å²) in [6.07, 6.45) is 0. The van der Waals surface area contributed by atoms with Gasteiger partial charge in [-0.15, -0.1) is 0 Å². The van der Waals surface area contributed by atoms with Gasteiger partial charge in [0.25, 0.3) is 5.91 Å². The standard InChI is InChI=1S/C22H23FN2O5/c1-15(26)16-6-7-20(19(23)13-16)24-8-10-25(11-9-24)21(27)14-30-22(28)17-4-3-5-18(12-17)29-2/h3-7,12-13H,8-11,14H2,1-2H3. The van der Waals surface area contributed by atoms with Crippen LogP contribution < -0.4 is 9.64 Å². The zero-order chi connectivity index (χ0) is 21.7. The third kappa shape index (κ3) is 4.94. The molecular weight excluding hydrogens is 391 g/mol. The van der Waals surface area contributed by atoms with Crippen LogP contribution in [0.1, 0.15) is 27.6 Å². The van der Waals surface area contributed by atoms with E-state index < -0.39 is 11.8 Å². The highest BCUT2D eigenvalue weighted by Gasteiger charge is 2.24. The number of ether oxygens (including phenoxy) is 2. The summed E-state index contributed by atoms with van der Waals surface area (Å²) in [5, 5.41) is 0. The van der Waals surface area contributed by atoms with Gasteiger partial charge in [0, 0.05) is 31.7 Å². The molecule has 7 nitrogen and oxygen atoms in total. The number of halogens is 1. The maximum absolute atomic E-state index is 14.3. The molecule has 2 aromatic carbocycles. The molecule has 1 amide bonds. The second-order valence-electron chi connectivity index (χ2n) is 6.90. The van der Waals surface area contributed by atoms with E-state index >= 15 is 0 Å². The molecule has 2 aromatic rings. The van der Waals surface area contributed by atoms with Gasteiger partial charge >= 0.3 is 5.97 Å². The van der Waals surface area contributed by atoms with Crippen LogP contribution in [0.15, 0.2) is 42.5 Å². The van der Waals surface area contributed by atoms with Crippen LogP contribution >= 0.6 is 0 Å². The smallest absolute Gasteiger partial charge is 0.338 e. The van der Waals surface area contributed by atoms with Crippen molar-refractivity contribution in [3.8, 4) is 5.75 Å². The number of amides is 1. The zero-order valence-electron chi connectivity index (χ0n) is 16.9. The minimum absolute atomic E-state index is 0.195. The summed E-state index contributed by atoms with van der Waals surface area (Å²) in [6, 6.07) is 10.9. The number of carbonyl (C=O) groups is 3. The predicted molar refractivity (Wildman–Crippen MR) is 108 cm³/mol. The second-order valence-corrected chi connectivity index (χ2v) is 6.90. The lowest BCUT2D eigenvalue weighted by Gasteiger charge is -2.36. The fraction of sp³-hybridized carbons (Fsp3) is 0.318. The second kappa shape index (κ2) is 9.39. The molecule has 0 unspecified atom stereocenters. The van der Waals surface area contributed by atoms with Gasteiger partial charge in [0.1, 0.15) is 11.6 Å². The van der Waals surface area contributed by atoms with Gasteiger partial charge in [0.05, 0.1) is 18.4 Å². The van der Waals surface area contributed by atoms with Crippen molar-refractivity contribution in [2.75, 3.05) is 44.8 Å². The first-order chi connectivity index (χ1) is 14.4. The highest BCUT2D eigenvalue weighted by Crippen LogP contribution is 2.22. The lowest BCUT2D eigenvalue weighted by Crippen LogP contribution is -2.50. The van der Waals surface area contributed by atoms with E-state index in [1.54, 1.807) is 35.2 Å². The van der Waals surface area contributed by atoms with Crippen LogP contribution in [-0.4, -0.2) is 62.5 Å². The molecule has 0 aromatic heterocycles. The molecule has 1 fully saturated rings. The van der Waals surface area contributed by atoms with Crippen molar-refractivity contribution >= 4 is 23.3 Å². The van der Waals surface area contributed by atoms with Crippen LogP contribution in [0.5, 0.6) is 5.75 Å². The van der Waals surface area contributed by atoms with E-state index in [2.05, 4.69) is 0 Å². The van der Waals surface area contributed by atoms with Crippen molar-refractivity contribution in [3.63, 3.8) is 0 Å². The average Bonchev–Trinajstić information content (AvgIpc) is 2.77. The first kappa shape index (κ1) is 21.3. The van der Waals surface area contributed by atoms with Crippen LogP contribution in [0.3, 0.4) is 0 Å². The number of rotatable bonds is 6. The molecule has 0 aliphatic carbocycles. The van der Waals surface area contributed by atoms with Gasteiger partial charge in [0.2, 0.25) is 0 Å². The van der Waals surface area contributed by atoms with Gasteiger partial charge in [-0.05, 0) is 43.3 Å². The van der Waals surface area contributed by atoms with Crippen molar-refractivity contribution in [1.29, 1.82) is 0 Å². The largest absolute Gasteiger partial charge is 0.497 e. The molecular formula is C22H23FN2O5. The Morgan fingerprint density at radius 1 is 1.00 bits per heavy atom. The molecule has 8 heteroatoms. The van der Waals surface area contributed by atoms with E-state index in [9.17, 15) is 18.8 Å². The first-order valence-electron chi connectivity index (χ1n) is 9.53. The molecule has 0 atom stereocenters. The van der Waals surface area contributed by atoms with E-state index in [1.165, 1.54) is 26.2 Å². The molecule has 158 valence electrons. The number of carbonyl (C=O) groups excluding carboxylic acids is 3. The van der Waals surface area contributed by atoms with Gasteiger partial charge in [0.15, 0.2) is 12.4 Å². The Balaban J connectivity index is 1.51. The maximum atomic E-state index is 14.3. The number of Topliss-reactive ketones (excluding diaryl/α,β-unsaturated/α-hetero) is 1. The fourth-order valence-corrected chi connectivity index (χ4v) is 3.23. The summed E-state index contributed by atoms with van der Waals surface area (Å²) in [5.74, 6) is -1.05. The Morgan fingerprint density at radius 3 is 2.37 bits per heavy atom. The van der Waals surface area contributed by atoms with Crippen molar-refractivity contribution in [3.05, 3.63) is 59.4 Å². The molecule has 3 rings (SSSR count). The van der Waals surface area contributed by atoms with E-state index in [1.807, 2.05) is 4.90 Å². The van der Waals surface area contributed by atoms with Crippen LogP contribution in [-0.2, 0) is 9.53 Å². The van der Waals surface area contributed by atoms with Crippen molar-refractivity contribution < 1.29 is 28.2 Å². The van der Waals surface area contributed by atoms with E-state index in [0.29, 0.717) is 48.7 Å². The number of esters is 1. The van der Waals surface area contributed by atoms with E-state index in [-0.39, 0.29) is 18.3 Å². The molecule has 1 aliphatic heterocycles. The van der Waals surface area contributed by atoms with Gasteiger partial charge in [-0.1, -0.05) is 6.07 Å². The number of methoxy groups -OCH3 is 1. The van der Waals surface area contributed by atoms with Gasteiger partial charge < -0.3 is 19.3 Å². The Labute approximate surface area is 174 Å². The molecule has 0 spiro atoms. The topological polar surface area (TPSA) is 76.2 Å². The molecule has 1 heterocycles. The Bertz CT molecular complexity index is 954. The monoisotopic (exact) mass is 414 g/mol. The summed E-state index contributed by atoms with van der Waals surface area (Å²) in [6.45, 7) is 2.66. The molecule has 0 radical (unpaired) electrons. The first-order valence-corrected chi connectivity index (χ1v) is 9.53. The zero-order valence-corrected chi connectivity index (χ0v) is 16.9. The maximum Gasteiger partial charge on any atom is 0.338 e. The highest BCUT2D eigenvalue weighted by atomic mass is 19.1. The molecule has 0 N–H and O–H groups in total. The number of piperazine rings is 1. The average molecular weight is 414 g/mol. The molecule has 1 aliphatic rings. The molecule has 30 heavy (non-hydrogen) atoms. The number of hydrogen-bond donors (Lipinski definition) is 0. The Hall–Kier alpha value is -3.42. The van der Waals surface area contributed by atoms with Crippen molar-refractivity contribution in [1.82, 2.24) is 4.90 Å². The van der Waals surface area contributed by atoms with Crippen molar-refractivity contribution in [2.24, 2.45) is 0 Å². The molecule has 0 saturated carbocycles. The van der Waals surface area contributed by atoms with E-state index in [4.69, 9.17) is 9.47 Å². The highest BCUT2D eigenvalue weighted by molar-refractivity contribution is 5.94. The minimum atomic E-state index is -0.603. The summed E-state index contributed by atoms with van der Waals surface area (Å²) in [7, 11) is 1.50. The summed E-state index contributed by atoms with van der Waals surface area (Å²) < 4.78 is 24.5. The third-order valence-corrected chi connectivity index (χ3v) is 4.96. The minimum Gasteiger partial charge on any atom is -0.497 e. The van der Waals surface area contributed by atoms with Gasteiger partial charge in [-0.25, -0.2) is 9.18 Å². The normalized spacial score (nSPS) is 13.7. The quantitative estimate of drug-likeness (QED) is 0.534. The van der Waals surface area contributed by atoms with Gasteiger partial charge in [-0.3, -0.25) is 9.59 Å². The number of anilines is 1. The summed E-state index contributed by atoms with van der Waals surface area (Å²) >= 11 is 0. The van der Waals surface area contributed by atoms with Crippen LogP contribution in [0.2, 0.25) is 0 Å². The Morgan fingerprint density at radius 2 is 1.73 bits per heavy atom. The fourth-order valence-electron chi connectivity index (χ4n) is 3.23. The summed E-state index contributed by atoms with van der Waals surface area (Å²) in [5.41, 5.74) is 1.02. The van der Waals surface area contributed by atoms with Crippen LogP contribution in [0.25, 0.3) is 0 Å². The Kier molecular flexibility index (Phi) is 6.66. The SMILES string of the molecule is COc1cccc(C(=O)OCC(=O)N2CCN(c3ccc(C(C)=O)cc3F)CC2)c1. The molecule has 1 saturated heterocycles. The predicted octanol–water partition coefficient (Wildman–Crippen LogP) is 2.54.